The summed E-state index contributed by atoms with van der Waals surface area (Å²) in [6.45, 7) is 6.57. The molecule has 1 amide bonds. The first-order valence-electron chi connectivity index (χ1n) is 8.84. The van der Waals surface area contributed by atoms with Crippen LogP contribution in [0.1, 0.15) is 12.0 Å². The first-order chi connectivity index (χ1) is 14.0. The maximum absolute atomic E-state index is 11.5. The topological polar surface area (TPSA) is 120 Å². The molecule has 0 bridgehead atoms. The average Bonchev–Trinajstić information content (AvgIpc) is 2.74. The fourth-order valence-electron chi connectivity index (χ4n) is 1.92. The Kier molecular flexibility index (Phi) is 11.3. The lowest BCUT2D eigenvalue weighted by Gasteiger charge is -2.15. The highest BCUT2D eigenvalue weighted by Crippen LogP contribution is 2.19. The van der Waals surface area contributed by atoms with Crippen molar-refractivity contribution >= 4 is 18.0 Å². The van der Waals surface area contributed by atoms with E-state index in [0.717, 1.165) is 12.2 Å². The first kappa shape index (κ1) is 23.7. The normalized spacial score (nSPS) is 10.9. The molecule has 1 rings (SSSR count). The van der Waals surface area contributed by atoms with E-state index in [4.69, 9.17) is 18.9 Å². The number of aliphatic hydroxyl groups excluding tert-OH is 1. The lowest BCUT2D eigenvalue weighted by atomic mass is 10.2. The van der Waals surface area contributed by atoms with Gasteiger partial charge >= 0.3 is 18.0 Å². The van der Waals surface area contributed by atoms with E-state index in [1.54, 1.807) is 24.3 Å². The van der Waals surface area contributed by atoms with Gasteiger partial charge in [-0.1, -0.05) is 31.4 Å². The third-order valence-corrected chi connectivity index (χ3v) is 3.35. The standard InChI is InChI=1S/C20H25NO8/c1-3-18(23)26-11-7-10-21-20(25)29-14-16(22)13-27-17-9-6-5-8-15(17)12-28-19(24)4-2/h3-6,8-9,16,22H,1-2,7,10-14H2,(H,21,25). The van der Waals surface area contributed by atoms with Gasteiger partial charge in [-0.05, 0) is 12.5 Å². The molecule has 158 valence electrons. The summed E-state index contributed by atoms with van der Waals surface area (Å²) in [5.41, 5.74) is 0.616. The Morgan fingerprint density at radius 3 is 2.45 bits per heavy atom. The van der Waals surface area contributed by atoms with E-state index in [2.05, 4.69) is 18.5 Å². The highest BCUT2D eigenvalue weighted by atomic mass is 16.6. The van der Waals surface area contributed by atoms with Crippen molar-refractivity contribution < 1.29 is 38.4 Å². The number of para-hydroxylation sites is 1. The molecule has 0 radical (unpaired) electrons. The second-order valence-corrected chi connectivity index (χ2v) is 5.63. The molecule has 2 N–H and O–H groups in total. The Bertz CT molecular complexity index is 703. The van der Waals surface area contributed by atoms with Crippen LogP contribution in [-0.4, -0.2) is 55.6 Å². The number of alkyl carbamates (subject to hydrolysis) is 1. The van der Waals surface area contributed by atoms with Crippen LogP contribution in [0.15, 0.2) is 49.6 Å². The maximum atomic E-state index is 11.5. The summed E-state index contributed by atoms with van der Waals surface area (Å²) in [7, 11) is 0. The van der Waals surface area contributed by atoms with Crippen molar-refractivity contribution in [2.45, 2.75) is 19.1 Å². The molecule has 1 aromatic rings. The third kappa shape index (κ3) is 10.5. The summed E-state index contributed by atoms with van der Waals surface area (Å²) in [4.78, 5) is 33.5. The van der Waals surface area contributed by atoms with Gasteiger partial charge in [0.15, 0.2) is 0 Å². The predicted molar refractivity (Wildman–Crippen MR) is 103 cm³/mol. The smallest absolute Gasteiger partial charge is 0.407 e. The number of hydrogen-bond donors (Lipinski definition) is 2. The molecule has 1 unspecified atom stereocenters. The summed E-state index contributed by atoms with van der Waals surface area (Å²) in [6, 6.07) is 6.87. The van der Waals surface area contributed by atoms with Crippen molar-refractivity contribution in [3.8, 4) is 5.75 Å². The number of benzene rings is 1. The summed E-state index contributed by atoms with van der Waals surface area (Å²) < 4.78 is 20.1. The number of nitrogens with one attached hydrogen (secondary N) is 1. The minimum absolute atomic E-state index is 0.00185. The molecule has 0 aliphatic rings. The summed E-state index contributed by atoms with van der Waals surface area (Å²) in [5.74, 6) is -0.656. The Labute approximate surface area is 168 Å². The average molecular weight is 407 g/mol. The lowest BCUT2D eigenvalue weighted by molar-refractivity contribution is -0.139. The number of aliphatic hydroxyl groups is 1. The van der Waals surface area contributed by atoms with Crippen LogP contribution in [0, 0.1) is 0 Å². The zero-order chi connectivity index (χ0) is 21.5. The van der Waals surface area contributed by atoms with Gasteiger partial charge in [0.2, 0.25) is 0 Å². The SMILES string of the molecule is C=CC(=O)OCCCNC(=O)OCC(O)COc1ccccc1COC(=O)C=C. The van der Waals surface area contributed by atoms with Crippen molar-refractivity contribution in [3.63, 3.8) is 0 Å². The van der Waals surface area contributed by atoms with Crippen LogP contribution >= 0.6 is 0 Å². The van der Waals surface area contributed by atoms with Gasteiger partial charge in [0, 0.05) is 24.3 Å². The summed E-state index contributed by atoms with van der Waals surface area (Å²) in [5, 5.41) is 12.4. The van der Waals surface area contributed by atoms with E-state index < -0.39 is 24.1 Å². The van der Waals surface area contributed by atoms with Crippen LogP contribution < -0.4 is 10.1 Å². The van der Waals surface area contributed by atoms with Crippen LogP contribution in [0.25, 0.3) is 0 Å². The minimum Gasteiger partial charge on any atom is -0.490 e. The van der Waals surface area contributed by atoms with Gasteiger partial charge in [-0.25, -0.2) is 14.4 Å². The molecule has 0 aliphatic carbocycles. The predicted octanol–water partition coefficient (Wildman–Crippen LogP) is 1.50. The molecule has 1 aromatic carbocycles. The molecule has 0 spiro atoms. The molecule has 0 saturated carbocycles. The van der Waals surface area contributed by atoms with E-state index in [-0.39, 0.29) is 33.0 Å². The minimum atomic E-state index is -1.06. The number of ether oxygens (including phenoxy) is 4. The number of amides is 1. The van der Waals surface area contributed by atoms with Crippen LogP contribution in [0.5, 0.6) is 5.75 Å². The fraction of sp³-hybridized carbons (Fsp3) is 0.350. The quantitative estimate of drug-likeness (QED) is 0.218. The monoisotopic (exact) mass is 407 g/mol. The van der Waals surface area contributed by atoms with Gasteiger partial charge in [0.1, 0.15) is 31.7 Å². The molecule has 1 atom stereocenters. The van der Waals surface area contributed by atoms with E-state index in [9.17, 15) is 19.5 Å². The van der Waals surface area contributed by atoms with Gasteiger partial charge in [-0.2, -0.15) is 0 Å². The van der Waals surface area contributed by atoms with Crippen molar-refractivity contribution in [2.75, 3.05) is 26.4 Å². The zero-order valence-corrected chi connectivity index (χ0v) is 16.0. The molecule has 0 aliphatic heterocycles. The molecule has 0 aromatic heterocycles. The van der Waals surface area contributed by atoms with Gasteiger partial charge in [0.25, 0.3) is 0 Å². The number of rotatable bonds is 13. The second-order valence-electron chi connectivity index (χ2n) is 5.63. The van der Waals surface area contributed by atoms with E-state index in [0.29, 0.717) is 17.7 Å². The van der Waals surface area contributed by atoms with Gasteiger partial charge in [0.05, 0.1) is 6.61 Å². The molecule has 0 heterocycles. The van der Waals surface area contributed by atoms with Crippen LogP contribution in [0.3, 0.4) is 0 Å². The maximum Gasteiger partial charge on any atom is 0.407 e. The molecule has 9 nitrogen and oxygen atoms in total. The van der Waals surface area contributed by atoms with Crippen LogP contribution in [0.4, 0.5) is 4.79 Å². The Hall–Kier alpha value is -3.33. The third-order valence-electron chi connectivity index (χ3n) is 3.35. The molecular weight excluding hydrogens is 382 g/mol. The molecule has 29 heavy (non-hydrogen) atoms. The van der Waals surface area contributed by atoms with Crippen LogP contribution in [-0.2, 0) is 30.4 Å². The number of hydrogen-bond acceptors (Lipinski definition) is 8. The molecule has 9 heteroatoms. The van der Waals surface area contributed by atoms with Crippen molar-refractivity contribution in [3.05, 3.63) is 55.1 Å². The Morgan fingerprint density at radius 2 is 1.72 bits per heavy atom. The molecular formula is C20H25NO8. The highest BCUT2D eigenvalue weighted by Gasteiger charge is 2.12. The van der Waals surface area contributed by atoms with E-state index >= 15 is 0 Å². The molecule has 0 saturated heterocycles. The van der Waals surface area contributed by atoms with Gasteiger partial charge < -0.3 is 29.4 Å². The second kappa shape index (κ2) is 13.8. The number of carbonyl (C=O) groups is 3. The Morgan fingerprint density at radius 1 is 1.03 bits per heavy atom. The molecule has 0 fully saturated rings. The number of esters is 2. The highest BCUT2D eigenvalue weighted by molar-refractivity contribution is 5.81. The number of carbonyl (C=O) groups excluding carboxylic acids is 3. The van der Waals surface area contributed by atoms with Gasteiger partial charge in [-0.15, -0.1) is 0 Å². The van der Waals surface area contributed by atoms with Crippen molar-refractivity contribution in [2.24, 2.45) is 0 Å². The first-order valence-corrected chi connectivity index (χ1v) is 8.84. The van der Waals surface area contributed by atoms with Crippen LogP contribution in [0.2, 0.25) is 0 Å². The van der Waals surface area contributed by atoms with Crippen molar-refractivity contribution in [1.82, 2.24) is 5.32 Å². The Balaban J connectivity index is 2.26. The van der Waals surface area contributed by atoms with Gasteiger partial charge in [-0.3, -0.25) is 0 Å². The van der Waals surface area contributed by atoms with Crippen molar-refractivity contribution in [1.29, 1.82) is 0 Å². The summed E-state index contributed by atoms with van der Waals surface area (Å²) >= 11 is 0. The summed E-state index contributed by atoms with van der Waals surface area (Å²) in [6.07, 6.45) is 0.753. The van der Waals surface area contributed by atoms with E-state index in [1.165, 1.54) is 0 Å². The zero-order valence-electron chi connectivity index (χ0n) is 16.0. The largest absolute Gasteiger partial charge is 0.490 e. The lowest BCUT2D eigenvalue weighted by Crippen LogP contribution is -2.31. The van der Waals surface area contributed by atoms with E-state index in [1.807, 2.05) is 0 Å². The fourth-order valence-corrected chi connectivity index (χ4v) is 1.92.